The first-order valence-electron chi connectivity index (χ1n) is 21.6. The minimum absolute atomic E-state index is 0.257. The van der Waals surface area contributed by atoms with Crippen molar-refractivity contribution >= 4 is 45.3 Å². The Kier molecular flexibility index (Phi) is 14.4. The van der Waals surface area contributed by atoms with E-state index in [0.29, 0.717) is 23.1 Å². The molecule has 6 aromatic rings. The van der Waals surface area contributed by atoms with E-state index in [1.54, 1.807) is 0 Å². The molecule has 0 aliphatic heterocycles. The van der Waals surface area contributed by atoms with Gasteiger partial charge in [0.2, 0.25) is 0 Å². The molecule has 0 bridgehead atoms. The molecule has 62 heavy (non-hydrogen) atoms. The maximum Gasteiger partial charge on any atom is 0.160 e. The van der Waals surface area contributed by atoms with Crippen LogP contribution in [0, 0.1) is 0 Å². The van der Waals surface area contributed by atoms with E-state index in [-0.39, 0.29) is 5.92 Å². The van der Waals surface area contributed by atoms with Crippen LogP contribution < -0.4 is 0 Å². The molecule has 0 N–H and O–H groups in total. The lowest BCUT2D eigenvalue weighted by molar-refractivity contribution is 0.858. The highest BCUT2D eigenvalue weighted by atomic mass is 14.9. The van der Waals surface area contributed by atoms with Gasteiger partial charge in [-0.15, -0.1) is 0 Å². The van der Waals surface area contributed by atoms with Gasteiger partial charge in [0.05, 0.1) is 11.4 Å². The minimum atomic E-state index is 0.257. The summed E-state index contributed by atoms with van der Waals surface area (Å²) >= 11 is 0. The predicted molar refractivity (Wildman–Crippen MR) is 268 cm³/mol. The zero-order chi connectivity index (χ0) is 43.3. The van der Waals surface area contributed by atoms with E-state index in [9.17, 15) is 0 Å². The van der Waals surface area contributed by atoms with Gasteiger partial charge in [-0.3, -0.25) is 0 Å². The third kappa shape index (κ3) is 10.5. The largest absolute Gasteiger partial charge is 0.233 e. The van der Waals surface area contributed by atoms with E-state index < -0.39 is 0 Å². The van der Waals surface area contributed by atoms with Crippen LogP contribution in [0.3, 0.4) is 0 Å². The lowest BCUT2D eigenvalue weighted by atomic mass is 9.86. The first-order chi connectivity index (χ1) is 30.4. The predicted octanol–water partition coefficient (Wildman–Crippen LogP) is 15.2. The smallest absolute Gasteiger partial charge is 0.160 e. The number of amidine groups is 2. The van der Waals surface area contributed by atoms with Gasteiger partial charge < -0.3 is 0 Å². The fraction of sp³-hybridized carbons (Fsp3) is 0.138. The van der Waals surface area contributed by atoms with Gasteiger partial charge in [-0.25, -0.2) is 20.0 Å². The van der Waals surface area contributed by atoms with Crippen LogP contribution in [0.5, 0.6) is 0 Å². The SMILES string of the molecule is C=C(N=C(N=C(C)c1ccccc1)C1=CCCC=C1)c1ccc(-c2ccc3c(C4C=CC(C(C)=NC(=NC(=C)c5ccccc5)c5ccccc5)=CC4)cccc3c2)cc1.CC. The Morgan fingerprint density at radius 2 is 1.10 bits per heavy atom. The fourth-order valence-electron chi connectivity index (χ4n) is 7.60. The molecule has 1 atom stereocenters. The second-order valence-electron chi connectivity index (χ2n) is 15.1. The van der Waals surface area contributed by atoms with Crippen molar-refractivity contribution in [1.29, 1.82) is 0 Å². The van der Waals surface area contributed by atoms with Crippen molar-refractivity contribution in [2.24, 2.45) is 20.0 Å². The van der Waals surface area contributed by atoms with Crippen LogP contribution in [0.25, 0.3) is 33.3 Å². The Labute approximate surface area is 368 Å². The van der Waals surface area contributed by atoms with Gasteiger partial charge in [0.15, 0.2) is 11.7 Å². The number of allylic oxidation sites excluding steroid dienone is 6. The van der Waals surface area contributed by atoms with Gasteiger partial charge in [0.25, 0.3) is 0 Å². The molecule has 0 amide bonds. The number of aliphatic imine (C=N–C) groups is 4. The molecule has 0 saturated heterocycles. The zero-order valence-corrected chi connectivity index (χ0v) is 36.3. The third-order valence-corrected chi connectivity index (χ3v) is 11.0. The third-order valence-electron chi connectivity index (χ3n) is 11.0. The van der Waals surface area contributed by atoms with Crippen molar-refractivity contribution in [3.63, 3.8) is 0 Å². The van der Waals surface area contributed by atoms with Crippen LogP contribution in [0.1, 0.15) is 80.7 Å². The molecule has 0 saturated carbocycles. The van der Waals surface area contributed by atoms with Gasteiger partial charge in [-0.2, -0.15) is 0 Å². The van der Waals surface area contributed by atoms with Crippen molar-refractivity contribution < 1.29 is 0 Å². The molecule has 8 rings (SSSR count). The Bertz CT molecular complexity index is 2790. The summed E-state index contributed by atoms with van der Waals surface area (Å²) in [6.07, 6.45) is 16.2. The molecule has 306 valence electrons. The highest BCUT2D eigenvalue weighted by molar-refractivity contribution is 6.14. The number of nitrogens with zero attached hydrogens (tertiary/aromatic N) is 4. The van der Waals surface area contributed by atoms with E-state index in [2.05, 4.69) is 129 Å². The summed E-state index contributed by atoms with van der Waals surface area (Å²) in [6, 6.07) is 52.3. The van der Waals surface area contributed by atoms with Gasteiger partial charge in [-0.1, -0.05) is 209 Å². The van der Waals surface area contributed by atoms with E-state index in [1.807, 2.05) is 99.6 Å². The number of benzene rings is 6. The summed E-state index contributed by atoms with van der Waals surface area (Å²) in [7, 11) is 0. The Balaban J connectivity index is 0.00000285. The number of rotatable bonds is 10. The molecule has 4 nitrogen and oxygen atoms in total. The molecule has 2 aliphatic carbocycles. The molecule has 0 radical (unpaired) electrons. The van der Waals surface area contributed by atoms with E-state index >= 15 is 0 Å². The van der Waals surface area contributed by atoms with Crippen LogP contribution in [0.2, 0.25) is 0 Å². The van der Waals surface area contributed by atoms with Gasteiger partial charge in [-0.05, 0) is 88.9 Å². The summed E-state index contributed by atoms with van der Waals surface area (Å²) in [4.78, 5) is 19.9. The molecule has 0 spiro atoms. The van der Waals surface area contributed by atoms with E-state index in [4.69, 9.17) is 20.0 Å². The fourth-order valence-corrected chi connectivity index (χ4v) is 7.60. The highest BCUT2D eigenvalue weighted by Gasteiger charge is 2.17. The molecular weight excluding hydrogens is 753 g/mol. The maximum atomic E-state index is 5.05. The van der Waals surface area contributed by atoms with Gasteiger partial charge >= 0.3 is 0 Å². The summed E-state index contributed by atoms with van der Waals surface area (Å²) in [5.74, 6) is 1.59. The molecular formula is C58H54N4. The monoisotopic (exact) mass is 806 g/mol. The van der Waals surface area contributed by atoms with Crippen molar-refractivity contribution in [1.82, 2.24) is 0 Å². The van der Waals surface area contributed by atoms with E-state index in [0.717, 1.165) is 69.6 Å². The molecule has 2 aliphatic rings. The lowest BCUT2D eigenvalue weighted by Gasteiger charge is -2.19. The zero-order valence-electron chi connectivity index (χ0n) is 36.3. The van der Waals surface area contributed by atoms with Crippen molar-refractivity contribution in [3.8, 4) is 11.1 Å². The summed E-state index contributed by atoms with van der Waals surface area (Å²) in [5, 5.41) is 2.48. The molecule has 0 aromatic heterocycles. The van der Waals surface area contributed by atoms with Crippen molar-refractivity contribution in [3.05, 3.63) is 240 Å². The summed E-state index contributed by atoms with van der Waals surface area (Å²) in [6.45, 7) is 16.7. The Hall–Kier alpha value is -7.30. The standard InChI is InChI=1S/C56H48N4.C2H6/c1-39(43-18-9-5-10-19-43)57-55(49-22-13-7-14-23-49)59-41(3)45-28-32-47(33-29-45)51-36-37-54-52(38-51)26-17-27-53(54)48-34-30-46(31-35-48)42(4)60-56(50-24-15-8-16-25-50)58-40(2)44-20-11-6-12-21-44;1-2/h5-6,8-13,15-34,36-38,48H,2-3,7,14,35H2,1,4H3;1-2H3. The van der Waals surface area contributed by atoms with Crippen molar-refractivity contribution in [2.45, 2.75) is 52.9 Å². The lowest BCUT2D eigenvalue weighted by Crippen LogP contribution is -2.07. The molecule has 0 fully saturated rings. The van der Waals surface area contributed by atoms with Gasteiger partial charge in [0.1, 0.15) is 0 Å². The second-order valence-corrected chi connectivity index (χ2v) is 15.1. The number of fused-ring (bicyclic) bond motifs is 1. The summed E-state index contributed by atoms with van der Waals surface area (Å²) < 4.78 is 0. The van der Waals surface area contributed by atoms with Crippen LogP contribution in [0.15, 0.2) is 232 Å². The molecule has 0 heterocycles. The van der Waals surface area contributed by atoms with Crippen LogP contribution in [-0.2, 0) is 0 Å². The quantitative estimate of drug-likeness (QED) is 0.0978. The first kappa shape index (κ1) is 42.8. The summed E-state index contributed by atoms with van der Waals surface area (Å²) in [5.41, 5.74) is 12.9. The average Bonchev–Trinajstić information content (AvgIpc) is 3.35. The van der Waals surface area contributed by atoms with Crippen LogP contribution in [0.4, 0.5) is 0 Å². The van der Waals surface area contributed by atoms with Crippen LogP contribution >= 0.6 is 0 Å². The molecule has 4 heteroatoms. The number of hydrogen-bond donors (Lipinski definition) is 0. The van der Waals surface area contributed by atoms with Gasteiger partial charge in [0, 0.05) is 28.5 Å². The van der Waals surface area contributed by atoms with E-state index in [1.165, 1.54) is 21.9 Å². The Morgan fingerprint density at radius 1 is 0.500 bits per heavy atom. The van der Waals surface area contributed by atoms with Crippen molar-refractivity contribution in [2.75, 3.05) is 0 Å². The molecule has 6 aromatic carbocycles. The number of hydrogen-bond acceptors (Lipinski definition) is 2. The minimum Gasteiger partial charge on any atom is -0.233 e. The molecule has 1 unspecified atom stereocenters. The maximum absolute atomic E-state index is 5.05. The second kappa shape index (κ2) is 20.8. The topological polar surface area (TPSA) is 49.4 Å². The normalized spacial score (nSPS) is 15.6. The van der Waals surface area contributed by atoms with Crippen LogP contribution in [-0.4, -0.2) is 23.1 Å². The first-order valence-corrected chi connectivity index (χ1v) is 21.6. The average molecular weight is 807 g/mol. The Morgan fingerprint density at radius 3 is 1.73 bits per heavy atom. The highest BCUT2D eigenvalue weighted by Crippen LogP contribution is 2.35.